The number of rotatable bonds is 1. The van der Waals surface area contributed by atoms with E-state index in [0.717, 1.165) is 0 Å². The average Bonchev–Trinajstić information content (AvgIpc) is 1.86. The molecule has 0 N–H and O–H groups in total. The van der Waals surface area contributed by atoms with Crippen LogP contribution >= 0.6 is 0 Å². The van der Waals surface area contributed by atoms with E-state index < -0.39 is 8.07 Å². The predicted molar refractivity (Wildman–Crippen MR) is 54.8 cm³/mol. The molecular weight excluding hydrogens is 215 g/mol. The number of benzene rings is 1. The summed E-state index contributed by atoms with van der Waals surface area (Å²) in [7, 11) is -1.11. The Balaban J connectivity index is 3.14. The van der Waals surface area contributed by atoms with E-state index in [9.17, 15) is 0 Å². The van der Waals surface area contributed by atoms with Crippen LogP contribution in [0.4, 0.5) is 0 Å². The summed E-state index contributed by atoms with van der Waals surface area (Å²) in [6.07, 6.45) is 0. The van der Waals surface area contributed by atoms with E-state index in [4.69, 9.17) is 0 Å². The van der Waals surface area contributed by atoms with Crippen molar-refractivity contribution >= 4 is 33.7 Å². The Morgan fingerprint density at radius 2 is 1.64 bits per heavy atom. The third kappa shape index (κ3) is 2.19. The van der Waals surface area contributed by atoms with Crippen LogP contribution in [0.1, 0.15) is 0 Å². The van der Waals surface area contributed by atoms with Gasteiger partial charge < -0.3 is 0 Å². The van der Waals surface area contributed by atoms with Crippen LogP contribution in [0.25, 0.3) is 0 Å². The summed E-state index contributed by atoms with van der Waals surface area (Å²) in [5, 5.41) is 1.53. The van der Waals surface area contributed by atoms with Gasteiger partial charge in [0, 0.05) is 0 Å². The Morgan fingerprint density at radius 1 is 1.09 bits per heavy atom. The first-order valence-corrected chi connectivity index (χ1v) is 8.14. The first-order valence-electron chi connectivity index (χ1n) is 3.78. The molecular formula is C9H13SeSi. The molecule has 0 saturated carbocycles. The minimum absolute atomic E-state index is 1.11. The van der Waals surface area contributed by atoms with E-state index in [0.29, 0.717) is 0 Å². The second-order valence-corrected chi connectivity index (χ2v) is 9.71. The molecule has 2 heteroatoms. The molecule has 0 heterocycles. The van der Waals surface area contributed by atoms with E-state index in [1.807, 2.05) is 0 Å². The summed E-state index contributed by atoms with van der Waals surface area (Å²) in [5.41, 5.74) is 0. The van der Waals surface area contributed by atoms with Crippen LogP contribution in [0.2, 0.25) is 19.6 Å². The summed E-state index contributed by atoms with van der Waals surface area (Å²) in [6.45, 7) is 7.09. The van der Waals surface area contributed by atoms with Crippen LogP contribution in [-0.4, -0.2) is 24.1 Å². The molecule has 11 heavy (non-hydrogen) atoms. The molecule has 0 nitrogen and oxygen atoms in total. The van der Waals surface area contributed by atoms with Gasteiger partial charge in [0.1, 0.15) is 0 Å². The van der Waals surface area contributed by atoms with Gasteiger partial charge in [0.05, 0.1) is 0 Å². The van der Waals surface area contributed by atoms with E-state index in [1.165, 1.54) is 9.65 Å². The monoisotopic (exact) mass is 229 g/mol. The summed E-state index contributed by atoms with van der Waals surface area (Å²) < 4.78 is 1.33. The molecule has 0 unspecified atom stereocenters. The quantitative estimate of drug-likeness (QED) is 0.630. The fraction of sp³-hybridized carbons (Fsp3) is 0.333. The molecule has 0 aliphatic carbocycles. The van der Waals surface area contributed by atoms with Crippen LogP contribution in [0, 0.1) is 0 Å². The van der Waals surface area contributed by atoms with E-state index in [-0.39, 0.29) is 0 Å². The third-order valence-corrected chi connectivity index (χ3v) is 4.90. The van der Waals surface area contributed by atoms with Gasteiger partial charge in [-0.2, -0.15) is 0 Å². The van der Waals surface area contributed by atoms with Gasteiger partial charge in [-0.25, -0.2) is 0 Å². The Morgan fingerprint density at radius 3 is 2.00 bits per heavy atom. The zero-order valence-electron chi connectivity index (χ0n) is 7.22. The predicted octanol–water partition coefficient (Wildman–Crippen LogP) is 1.03. The van der Waals surface area contributed by atoms with Crippen LogP contribution in [0.15, 0.2) is 24.3 Å². The van der Waals surface area contributed by atoms with Crippen molar-refractivity contribution < 1.29 is 0 Å². The molecule has 0 spiro atoms. The van der Waals surface area contributed by atoms with Gasteiger partial charge in [-0.15, -0.1) is 0 Å². The minimum atomic E-state index is -1.11. The Kier molecular flexibility index (Phi) is 2.58. The van der Waals surface area contributed by atoms with Crippen molar-refractivity contribution in [2.75, 3.05) is 0 Å². The SMILES string of the molecule is C[Si](C)(C)c1ccccc1[Se]. The summed E-state index contributed by atoms with van der Waals surface area (Å²) in [4.78, 5) is 0. The van der Waals surface area contributed by atoms with Crippen LogP contribution in [-0.2, 0) is 0 Å². The summed E-state index contributed by atoms with van der Waals surface area (Å²) in [6, 6.07) is 8.58. The molecule has 1 rings (SSSR count). The van der Waals surface area contributed by atoms with Crippen molar-refractivity contribution in [1.82, 2.24) is 0 Å². The molecule has 0 fully saturated rings. The van der Waals surface area contributed by atoms with Crippen molar-refractivity contribution in [2.24, 2.45) is 0 Å². The van der Waals surface area contributed by atoms with Crippen LogP contribution in [0.3, 0.4) is 0 Å². The molecule has 0 bridgehead atoms. The van der Waals surface area contributed by atoms with Gasteiger partial charge >= 0.3 is 77.6 Å². The number of hydrogen-bond donors (Lipinski definition) is 0. The molecule has 0 aliphatic rings. The summed E-state index contributed by atoms with van der Waals surface area (Å²) in [5.74, 6) is 0. The van der Waals surface area contributed by atoms with Crippen molar-refractivity contribution in [3.05, 3.63) is 24.3 Å². The zero-order chi connectivity index (χ0) is 8.48. The van der Waals surface area contributed by atoms with E-state index in [2.05, 4.69) is 59.9 Å². The molecule has 1 aromatic carbocycles. The molecule has 0 aromatic heterocycles. The molecule has 59 valence electrons. The van der Waals surface area contributed by atoms with E-state index in [1.54, 1.807) is 0 Å². The molecule has 1 radical (unpaired) electrons. The maximum atomic E-state index is 3.11. The van der Waals surface area contributed by atoms with Crippen molar-refractivity contribution in [3.8, 4) is 0 Å². The molecule has 0 atom stereocenters. The summed E-state index contributed by atoms with van der Waals surface area (Å²) >= 11 is 3.11. The fourth-order valence-electron chi connectivity index (χ4n) is 1.09. The molecule has 0 amide bonds. The van der Waals surface area contributed by atoms with Gasteiger partial charge in [0.25, 0.3) is 0 Å². The van der Waals surface area contributed by atoms with Crippen molar-refractivity contribution in [3.63, 3.8) is 0 Å². The normalized spacial score (nSPS) is 11.5. The van der Waals surface area contributed by atoms with Gasteiger partial charge in [-0.05, 0) is 0 Å². The van der Waals surface area contributed by atoms with Crippen molar-refractivity contribution in [2.45, 2.75) is 19.6 Å². The average molecular weight is 228 g/mol. The first-order chi connectivity index (χ1) is 5.02. The standard InChI is InChI=1S/C9H13SeSi/c1-11(2,3)9-7-5-4-6-8(9)10/h4-7H,1-3H3. The Hall–Kier alpha value is -0.0436. The maximum absolute atomic E-state index is 3.11. The second-order valence-electron chi connectivity index (χ2n) is 3.75. The zero-order valence-corrected chi connectivity index (χ0v) is 9.93. The van der Waals surface area contributed by atoms with Crippen molar-refractivity contribution in [1.29, 1.82) is 0 Å². The fourth-order valence-corrected chi connectivity index (χ4v) is 4.74. The van der Waals surface area contributed by atoms with Gasteiger partial charge in [0.15, 0.2) is 0 Å². The molecule has 1 aromatic rings. The Labute approximate surface area is 77.8 Å². The number of hydrogen-bond acceptors (Lipinski definition) is 0. The molecule has 0 saturated heterocycles. The second kappa shape index (κ2) is 3.14. The molecule has 0 aliphatic heterocycles. The third-order valence-electron chi connectivity index (χ3n) is 1.70. The van der Waals surface area contributed by atoms with Gasteiger partial charge in [0.2, 0.25) is 0 Å². The van der Waals surface area contributed by atoms with Gasteiger partial charge in [-0.3, -0.25) is 0 Å². The van der Waals surface area contributed by atoms with Gasteiger partial charge in [-0.1, -0.05) is 0 Å². The first kappa shape index (κ1) is 9.05. The topological polar surface area (TPSA) is 0 Å². The van der Waals surface area contributed by atoms with Crippen LogP contribution < -0.4 is 9.65 Å². The Bertz CT molecular complexity index is 250. The van der Waals surface area contributed by atoms with E-state index >= 15 is 0 Å². The van der Waals surface area contributed by atoms with Crippen LogP contribution in [0.5, 0.6) is 0 Å².